The first-order chi connectivity index (χ1) is 15.3. The van der Waals surface area contributed by atoms with Gasteiger partial charge in [-0.2, -0.15) is 5.10 Å². The Bertz CT molecular complexity index is 1270. The average Bonchev–Trinajstić information content (AvgIpc) is 3.31. The molecule has 4 rings (SSSR count). The Balaban J connectivity index is 1.48. The quantitative estimate of drug-likeness (QED) is 0.381. The van der Waals surface area contributed by atoms with Crippen molar-refractivity contribution in [1.29, 1.82) is 0 Å². The van der Waals surface area contributed by atoms with Crippen LogP contribution in [0.5, 0.6) is 0 Å². The second-order valence-corrected chi connectivity index (χ2v) is 9.30. The Kier molecular flexibility index (Phi) is 6.44. The lowest BCUT2D eigenvalue weighted by atomic mass is 10.0. The maximum Gasteiger partial charge on any atom is 0.230 e. The highest BCUT2D eigenvalue weighted by atomic mass is 35.5. The van der Waals surface area contributed by atoms with Gasteiger partial charge < -0.3 is 5.32 Å². The summed E-state index contributed by atoms with van der Waals surface area (Å²) in [7, 11) is 0. The van der Waals surface area contributed by atoms with Crippen LogP contribution in [0.2, 0.25) is 5.02 Å². The van der Waals surface area contributed by atoms with Crippen LogP contribution >= 0.6 is 22.9 Å². The Hall–Kier alpha value is -2.96. The molecule has 0 aliphatic carbocycles. The van der Waals surface area contributed by atoms with Crippen LogP contribution in [0.3, 0.4) is 0 Å². The molecule has 0 spiro atoms. The summed E-state index contributed by atoms with van der Waals surface area (Å²) in [6.45, 7) is 8.10. The molecule has 5 nitrogen and oxygen atoms in total. The van der Waals surface area contributed by atoms with Crippen LogP contribution in [0.1, 0.15) is 39.3 Å². The highest BCUT2D eigenvalue weighted by molar-refractivity contribution is 7.12. The van der Waals surface area contributed by atoms with Crippen molar-refractivity contribution in [2.45, 2.75) is 40.5 Å². The highest BCUT2D eigenvalue weighted by Gasteiger charge is 2.17. The van der Waals surface area contributed by atoms with Gasteiger partial charge in [-0.3, -0.25) is 4.79 Å². The van der Waals surface area contributed by atoms with E-state index in [1.54, 1.807) is 0 Å². The third-order valence-electron chi connectivity index (χ3n) is 5.45. The number of nitrogens with one attached hydrogen (secondary N) is 1. The molecule has 0 fully saturated rings. The molecule has 0 bridgehead atoms. The monoisotopic (exact) mass is 464 g/mol. The Morgan fingerprint density at radius 1 is 1.09 bits per heavy atom. The topological polar surface area (TPSA) is 59.8 Å². The maximum atomic E-state index is 12.5. The lowest BCUT2D eigenvalue weighted by molar-refractivity contribution is -0.115. The maximum absolute atomic E-state index is 12.5. The molecule has 32 heavy (non-hydrogen) atoms. The van der Waals surface area contributed by atoms with Gasteiger partial charge >= 0.3 is 0 Å². The zero-order valence-electron chi connectivity index (χ0n) is 18.6. The number of rotatable bonds is 6. The number of hydrogen-bond acceptors (Lipinski definition) is 4. The van der Waals surface area contributed by atoms with Gasteiger partial charge in [-0.25, -0.2) is 9.67 Å². The molecule has 0 unspecified atom stereocenters. The molecule has 0 saturated heterocycles. The number of carbonyl (C=O) groups excluding carboxylic acids is 1. The standard InChI is InChI=1S/C25H25ClN4OS/c1-15-5-10-23(16(2)11-15)28-24(31)13-21-14-32-25(27-21)30-18(4)22(17(3)29-30)12-19-6-8-20(26)9-7-19/h5-11,14H,12-13H2,1-4H3,(H,28,31). The highest BCUT2D eigenvalue weighted by Crippen LogP contribution is 2.24. The number of nitrogens with zero attached hydrogens (tertiary/aromatic N) is 3. The summed E-state index contributed by atoms with van der Waals surface area (Å²) in [4.78, 5) is 17.2. The second-order valence-electron chi connectivity index (χ2n) is 8.03. The molecule has 7 heteroatoms. The summed E-state index contributed by atoms with van der Waals surface area (Å²) in [6, 6.07) is 13.9. The van der Waals surface area contributed by atoms with Crippen molar-refractivity contribution in [2.75, 3.05) is 5.32 Å². The Morgan fingerprint density at radius 3 is 2.56 bits per heavy atom. The fourth-order valence-corrected chi connectivity index (χ4v) is 4.66. The zero-order chi connectivity index (χ0) is 22.8. The number of aromatic nitrogens is 3. The SMILES string of the molecule is Cc1ccc(NC(=O)Cc2csc(-n3nc(C)c(Cc4ccc(Cl)cc4)c3C)n2)c(C)c1. The summed E-state index contributed by atoms with van der Waals surface area (Å²) in [6.07, 6.45) is 1.01. The molecule has 0 aliphatic heterocycles. The fourth-order valence-electron chi connectivity index (χ4n) is 3.71. The summed E-state index contributed by atoms with van der Waals surface area (Å²) >= 11 is 7.50. The fraction of sp³-hybridized carbons (Fsp3) is 0.240. The molecule has 2 aromatic carbocycles. The van der Waals surface area contributed by atoms with Gasteiger partial charge in [0.25, 0.3) is 0 Å². The first-order valence-electron chi connectivity index (χ1n) is 10.4. The Morgan fingerprint density at radius 2 is 1.84 bits per heavy atom. The molecule has 2 heterocycles. The van der Waals surface area contributed by atoms with E-state index in [1.165, 1.54) is 28.0 Å². The molecule has 1 N–H and O–H groups in total. The first kappa shape index (κ1) is 22.2. The van der Waals surface area contributed by atoms with Crippen molar-refractivity contribution >= 4 is 34.5 Å². The van der Waals surface area contributed by atoms with Gasteiger partial charge in [0.15, 0.2) is 0 Å². The van der Waals surface area contributed by atoms with Gasteiger partial charge in [0, 0.05) is 33.8 Å². The van der Waals surface area contributed by atoms with E-state index in [9.17, 15) is 4.79 Å². The van der Waals surface area contributed by atoms with Crippen LogP contribution in [0.15, 0.2) is 47.8 Å². The summed E-state index contributed by atoms with van der Waals surface area (Å²) < 4.78 is 1.87. The lowest BCUT2D eigenvalue weighted by Crippen LogP contribution is -2.15. The number of carbonyl (C=O) groups is 1. The molecule has 0 atom stereocenters. The number of aryl methyl sites for hydroxylation is 3. The normalized spacial score (nSPS) is 11.0. The first-order valence-corrected chi connectivity index (χ1v) is 11.7. The molecule has 0 radical (unpaired) electrons. The van der Waals surface area contributed by atoms with E-state index < -0.39 is 0 Å². The van der Waals surface area contributed by atoms with Gasteiger partial charge in [-0.15, -0.1) is 11.3 Å². The van der Waals surface area contributed by atoms with Crippen molar-refractivity contribution in [2.24, 2.45) is 0 Å². The van der Waals surface area contributed by atoms with E-state index >= 15 is 0 Å². The van der Waals surface area contributed by atoms with Gasteiger partial charge in [-0.05, 0) is 57.0 Å². The van der Waals surface area contributed by atoms with Crippen molar-refractivity contribution in [3.05, 3.63) is 92.2 Å². The van der Waals surface area contributed by atoms with Crippen molar-refractivity contribution in [3.63, 3.8) is 0 Å². The lowest BCUT2D eigenvalue weighted by Gasteiger charge is -2.08. The van der Waals surface area contributed by atoms with Crippen molar-refractivity contribution < 1.29 is 4.79 Å². The van der Waals surface area contributed by atoms with Crippen LogP contribution in [0.4, 0.5) is 5.69 Å². The van der Waals surface area contributed by atoms with E-state index in [1.807, 2.05) is 67.2 Å². The molecule has 164 valence electrons. The molecular formula is C25H25ClN4OS. The van der Waals surface area contributed by atoms with Gasteiger partial charge in [-0.1, -0.05) is 41.4 Å². The predicted octanol–water partition coefficient (Wildman–Crippen LogP) is 5.99. The van der Waals surface area contributed by atoms with Crippen LogP contribution in [-0.2, 0) is 17.6 Å². The number of anilines is 1. The Labute approximate surface area is 197 Å². The molecule has 0 aliphatic rings. The minimum Gasteiger partial charge on any atom is -0.326 e. The van der Waals surface area contributed by atoms with Gasteiger partial charge in [0.1, 0.15) is 0 Å². The molecule has 0 saturated carbocycles. The van der Waals surface area contributed by atoms with Crippen LogP contribution in [-0.4, -0.2) is 20.7 Å². The molecule has 2 aromatic heterocycles. The van der Waals surface area contributed by atoms with E-state index in [-0.39, 0.29) is 12.3 Å². The van der Waals surface area contributed by atoms with Crippen molar-refractivity contribution in [1.82, 2.24) is 14.8 Å². The molecular weight excluding hydrogens is 440 g/mol. The largest absolute Gasteiger partial charge is 0.326 e. The minimum absolute atomic E-state index is 0.0781. The number of amides is 1. The number of benzene rings is 2. The zero-order valence-corrected chi connectivity index (χ0v) is 20.1. The molecule has 1 amide bonds. The number of hydrogen-bond donors (Lipinski definition) is 1. The van der Waals surface area contributed by atoms with Gasteiger partial charge in [0.2, 0.25) is 11.0 Å². The molecule has 4 aromatic rings. The van der Waals surface area contributed by atoms with E-state index in [0.717, 1.165) is 44.9 Å². The van der Waals surface area contributed by atoms with Crippen molar-refractivity contribution in [3.8, 4) is 5.13 Å². The smallest absolute Gasteiger partial charge is 0.230 e. The van der Waals surface area contributed by atoms with E-state index in [4.69, 9.17) is 16.7 Å². The summed E-state index contributed by atoms with van der Waals surface area (Å²) in [5.41, 5.74) is 8.18. The predicted molar refractivity (Wildman–Crippen MR) is 131 cm³/mol. The number of halogens is 1. The second kappa shape index (κ2) is 9.27. The summed E-state index contributed by atoms with van der Waals surface area (Å²) in [5.74, 6) is -0.0781. The third-order valence-corrected chi connectivity index (χ3v) is 6.57. The van der Waals surface area contributed by atoms with Gasteiger partial charge in [0.05, 0.1) is 17.8 Å². The third kappa shape index (κ3) is 4.92. The van der Waals surface area contributed by atoms with E-state index in [0.29, 0.717) is 0 Å². The van der Waals surface area contributed by atoms with Crippen LogP contribution < -0.4 is 5.32 Å². The average molecular weight is 465 g/mol. The van der Waals surface area contributed by atoms with Crippen LogP contribution in [0, 0.1) is 27.7 Å². The summed E-state index contributed by atoms with van der Waals surface area (Å²) in [5, 5.41) is 11.1. The van der Waals surface area contributed by atoms with Crippen LogP contribution in [0.25, 0.3) is 5.13 Å². The number of thiazole rings is 1. The minimum atomic E-state index is -0.0781. The van der Waals surface area contributed by atoms with E-state index in [2.05, 4.69) is 23.3 Å².